The van der Waals surface area contributed by atoms with Gasteiger partial charge in [-0.1, -0.05) is 170 Å². The van der Waals surface area contributed by atoms with Gasteiger partial charge in [0.1, 0.15) is 0 Å². The summed E-state index contributed by atoms with van der Waals surface area (Å²) >= 11 is 0. The number of pyridine rings is 1. The van der Waals surface area contributed by atoms with Crippen molar-refractivity contribution in [3.8, 4) is 67.3 Å². The van der Waals surface area contributed by atoms with Crippen molar-refractivity contribution >= 4 is 32.3 Å². The lowest BCUT2D eigenvalue weighted by atomic mass is 9.89. The lowest BCUT2D eigenvalue weighted by Crippen LogP contribution is -1.97. The van der Waals surface area contributed by atoms with E-state index in [9.17, 15) is 0 Å². The number of nitrogens with zero attached hydrogens (tertiary/aromatic N) is 3. The minimum Gasteiger partial charge on any atom is -0.264 e. The van der Waals surface area contributed by atoms with Crippen molar-refractivity contribution < 1.29 is 0 Å². The fraction of sp³-hybridized carbons (Fsp3) is 0. The van der Waals surface area contributed by atoms with Crippen LogP contribution >= 0.6 is 0 Å². The van der Waals surface area contributed by atoms with Gasteiger partial charge in [-0.3, -0.25) is 4.98 Å². The highest BCUT2D eigenvalue weighted by molar-refractivity contribution is 6.20. The molecule has 8 aromatic carbocycles. The number of fused-ring (bicyclic) bond motifs is 4. The standard InChI is InChI=1S/C51H33N3/c1-2-12-39(13-3-1)51-53-48(32-49(54-51)45-19-9-8-17-43(45)41-15-10-30-52-33-41)37-24-20-34(21-25-37)35-22-26-38(27-23-35)50-44-18-7-5-14-40(44)31-47-42-16-6-4-11-36(42)28-29-46(47)50/h1-33H. The summed E-state index contributed by atoms with van der Waals surface area (Å²) in [5, 5.41) is 7.61. The van der Waals surface area contributed by atoms with E-state index in [0.717, 1.165) is 44.8 Å². The largest absolute Gasteiger partial charge is 0.264 e. The van der Waals surface area contributed by atoms with E-state index in [1.807, 2.05) is 30.5 Å². The van der Waals surface area contributed by atoms with Crippen LogP contribution in [0.4, 0.5) is 0 Å². The molecule has 0 radical (unpaired) electrons. The molecule has 0 saturated carbocycles. The fourth-order valence-corrected chi connectivity index (χ4v) is 7.72. The molecule has 0 fully saturated rings. The normalized spacial score (nSPS) is 11.3. The van der Waals surface area contributed by atoms with Crippen LogP contribution in [0.3, 0.4) is 0 Å². The van der Waals surface area contributed by atoms with Crippen molar-refractivity contribution in [2.24, 2.45) is 0 Å². The summed E-state index contributed by atoms with van der Waals surface area (Å²) in [7, 11) is 0. The molecule has 252 valence electrons. The van der Waals surface area contributed by atoms with Crippen molar-refractivity contribution in [3.63, 3.8) is 0 Å². The fourth-order valence-electron chi connectivity index (χ4n) is 7.72. The molecule has 2 heterocycles. The molecule has 2 aromatic heterocycles. The smallest absolute Gasteiger partial charge is 0.160 e. The highest BCUT2D eigenvalue weighted by Crippen LogP contribution is 2.40. The Hall–Kier alpha value is -7.23. The number of hydrogen-bond donors (Lipinski definition) is 0. The predicted octanol–water partition coefficient (Wildman–Crippen LogP) is 13.3. The molecule has 0 bridgehead atoms. The van der Waals surface area contributed by atoms with Crippen LogP contribution in [0.5, 0.6) is 0 Å². The molecule has 0 aliphatic rings. The maximum absolute atomic E-state index is 5.11. The third-order valence-electron chi connectivity index (χ3n) is 10.4. The predicted molar refractivity (Wildman–Crippen MR) is 225 cm³/mol. The van der Waals surface area contributed by atoms with E-state index in [-0.39, 0.29) is 0 Å². The number of benzene rings is 8. The van der Waals surface area contributed by atoms with Gasteiger partial charge in [0.05, 0.1) is 11.4 Å². The third-order valence-corrected chi connectivity index (χ3v) is 10.4. The van der Waals surface area contributed by atoms with Crippen LogP contribution in [0.25, 0.3) is 99.6 Å². The molecule has 0 spiro atoms. The molecule has 0 N–H and O–H groups in total. The Morgan fingerprint density at radius 2 is 0.926 bits per heavy atom. The second-order valence-electron chi connectivity index (χ2n) is 13.6. The minimum atomic E-state index is 0.692. The highest BCUT2D eigenvalue weighted by Gasteiger charge is 2.15. The first kappa shape index (κ1) is 31.5. The van der Waals surface area contributed by atoms with Gasteiger partial charge in [0, 0.05) is 34.6 Å². The van der Waals surface area contributed by atoms with Crippen LogP contribution in [0.15, 0.2) is 200 Å². The van der Waals surface area contributed by atoms with E-state index in [0.29, 0.717) is 5.82 Å². The zero-order valence-corrected chi connectivity index (χ0v) is 29.4. The maximum Gasteiger partial charge on any atom is 0.160 e. The summed E-state index contributed by atoms with van der Waals surface area (Å²) in [6, 6.07) is 66.7. The molecular weight excluding hydrogens is 655 g/mol. The third kappa shape index (κ3) is 5.69. The van der Waals surface area contributed by atoms with Crippen molar-refractivity contribution in [3.05, 3.63) is 200 Å². The molecule has 10 aromatic rings. The second kappa shape index (κ2) is 13.4. The first-order valence-electron chi connectivity index (χ1n) is 18.3. The summed E-state index contributed by atoms with van der Waals surface area (Å²) in [5.74, 6) is 0.692. The first-order valence-corrected chi connectivity index (χ1v) is 18.3. The van der Waals surface area contributed by atoms with Crippen LogP contribution in [-0.4, -0.2) is 15.0 Å². The molecule has 10 rings (SSSR count). The van der Waals surface area contributed by atoms with Crippen LogP contribution in [0, 0.1) is 0 Å². The molecule has 0 unspecified atom stereocenters. The lowest BCUT2D eigenvalue weighted by molar-refractivity contribution is 1.18. The van der Waals surface area contributed by atoms with Crippen molar-refractivity contribution in [1.29, 1.82) is 0 Å². The van der Waals surface area contributed by atoms with Gasteiger partial charge < -0.3 is 0 Å². The molecule has 0 aliphatic carbocycles. The van der Waals surface area contributed by atoms with Gasteiger partial charge in [-0.25, -0.2) is 9.97 Å². The molecule has 54 heavy (non-hydrogen) atoms. The topological polar surface area (TPSA) is 38.7 Å². The minimum absolute atomic E-state index is 0.692. The van der Waals surface area contributed by atoms with E-state index in [1.54, 1.807) is 6.20 Å². The second-order valence-corrected chi connectivity index (χ2v) is 13.6. The Bertz CT molecular complexity index is 2950. The number of rotatable bonds is 6. The molecule has 3 nitrogen and oxygen atoms in total. The Kier molecular flexibility index (Phi) is 7.81. The van der Waals surface area contributed by atoms with Crippen LogP contribution < -0.4 is 0 Å². The van der Waals surface area contributed by atoms with Gasteiger partial charge >= 0.3 is 0 Å². The van der Waals surface area contributed by atoms with Crippen molar-refractivity contribution in [1.82, 2.24) is 15.0 Å². The zero-order chi connectivity index (χ0) is 35.8. The SMILES string of the molecule is c1ccc(-c2nc(-c3ccc(-c4ccc(-c5c6ccccc6cc6c5ccc5ccccc56)cc4)cc3)cc(-c3ccccc3-c3cccnc3)n2)cc1. The Labute approximate surface area is 313 Å². The Morgan fingerprint density at radius 3 is 1.69 bits per heavy atom. The summed E-state index contributed by atoms with van der Waals surface area (Å²) < 4.78 is 0. The van der Waals surface area contributed by atoms with Crippen LogP contribution in [-0.2, 0) is 0 Å². The Balaban J connectivity index is 1.03. The quantitative estimate of drug-likeness (QED) is 0.129. The molecule has 0 amide bonds. The van der Waals surface area contributed by atoms with Gasteiger partial charge in [-0.2, -0.15) is 0 Å². The average Bonchev–Trinajstić information content (AvgIpc) is 3.26. The van der Waals surface area contributed by atoms with Gasteiger partial charge in [-0.15, -0.1) is 0 Å². The molecular formula is C51H33N3. The monoisotopic (exact) mass is 687 g/mol. The molecule has 0 aliphatic heterocycles. The summed E-state index contributed by atoms with van der Waals surface area (Å²) in [5.41, 5.74) is 11.7. The lowest BCUT2D eigenvalue weighted by Gasteiger charge is -2.15. The summed E-state index contributed by atoms with van der Waals surface area (Å²) in [6.45, 7) is 0. The van der Waals surface area contributed by atoms with Crippen molar-refractivity contribution in [2.45, 2.75) is 0 Å². The van der Waals surface area contributed by atoms with Crippen LogP contribution in [0.1, 0.15) is 0 Å². The van der Waals surface area contributed by atoms with E-state index < -0.39 is 0 Å². The van der Waals surface area contributed by atoms with E-state index in [4.69, 9.17) is 9.97 Å². The molecule has 3 heteroatoms. The Morgan fingerprint density at radius 1 is 0.315 bits per heavy atom. The van der Waals surface area contributed by atoms with E-state index in [1.165, 1.54) is 49.0 Å². The summed E-state index contributed by atoms with van der Waals surface area (Å²) in [4.78, 5) is 14.6. The number of aromatic nitrogens is 3. The van der Waals surface area contributed by atoms with Crippen molar-refractivity contribution in [2.75, 3.05) is 0 Å². The van der Waals surface area contributed by atoms with Gasteiger partial charge in [0.25, 0.3) is 0 Å². The molecule has 0 saturated heterocycles. The summed E-state index contributed by atoms with van der Waals surface area (Å²) in [6.07, 6.45) is 3.70. The highest BCUT2D eigenvalue weighted by atomic mass is 14.9. The van der Waals surface area contributed by atoms with Gasteiger partial charge in [0.15, 0.2) is 5.82 Å². The van der Waals surface area contributed by atoms with E-state index in [2.05, 4.69) is 169 Å². The van der Waals surface area contributed by atoms with E-state index >= 15 is 0 Å². The first-order chi connectivity index (χ1) is 26.8. The van der Waals surface area contributed by atoms with Crippen LogP contribution in [0.2, 0.25) is 0 Å². The zero-order valence-electron chi connectivity index (χ0n) is 29.4. The van der Waals surface area contributed by atoms with Gasteiger partial charge in [-0.05, 0) is 78.3 Å². The molecule has 0 atom stereocenters. The number of hydrogen-bond acceptors (Lipinski definition) is 3. The maximum atomic E-state index is 5.11. The van der Waals surface area contributed by atoms with Gasteiger partial charge in [0.2, 0.25) is 0 Å². The average molecular weight is 688 g/mol.